The Bertz CT molecular complexity index is 797. The average molecular weight is 732 g/mol. The lowest BCUT2D eigenvalue weighted by Gasteiger charge is -2.33. The van der Waals surface area contributed by atoms with Gasteiger partial charge in [-0.2, -0.15) is 0 Å². The summed E-state index contributed by atoms with van der Waals surface area (Å²) in [7, 11) is 0. The molecule has 10 heteroatoms. The molecule has 1 aromatic rings. The number of hydrogen-bond donors (Lipinski definition) is 0. The molecule has 2 atom stereocenters. The number of alkyl halides is 4. The summed E-state index contributed by atoms with van der Waals surface area (Å²) in [5, 5.41) is 0. The molecule has 0 aromatic heterocycles. The number of ether oxygens (including phenoxy) is 2. The first kappa shape index (κ1) is 20.5. The summed E-state index contributed by atoms with van der Waals surface area (Å²) in [6, 6.07) is 3.23. The van der Waals surface area contributed by atoms with Crippen LogP contribution in [0.1, 0.15) is 25.0 Å². The maximum absolute atomic E-state index is 11.6. The average Bonchev–Trinajstić information content (AvgIpc) is 2.70. The molecule has 2 bridgehead atoms. The fraction of sp³-hybridized carbons (Fsp3) is 0.333. The van der Waals surface area contributed by atoms with Crippen LogP contribution >= 0.6 is 95.6 Å². The molecule has 0 heterocycles. The summed E-state index contributed by atoms with van der Waals surface area (Å²) in [6.07, 6.45) is 0. The van der Waals surface area contributed by atoms with E-state index in [2.05, 4.69) is 95.6 Å². The van der Waals surface area contributed by atoms with Crippen molar-refractivity contribution in [2.45, 2.75) is 25.7 Å². The number of carbonyl (C=O) groups excluding carboxylic acids is 2. The van der Waals surface area contributed by atoms with Gasteiger partial charge in [0.2, 0.25) is 0 Å². The summed E-state index contributed by atoms with van der Waals surface area (Å²) >= 11 is 22.3. The molecule has 0 amide bonds. The van der Waals surface area contributed by atoms with E-state index in [1.165, 1.54) is 13.8 Å². The Morgan fingerprint density at radius 1 is 0.800 bits per heavy atom. The van der Waals surface area contributed by atoms with Gasteiger partial charge in [0.25, 0.3) is 0 Å². The maximum Gasteiger partial charge on any atom is 0.308 e. The Labute approximate surface area is 194 Å². The van der Waals surface area contributed by atoms with Crippen molar-refractivity contribution in [3.8, 4) is 11.5 Å². The van der Waals surface area contributed by atoms with E-state index in [1.807, 2.05) is 0 Å². The number of allylic oxidation sites excluding steroid dienone is 2. The Hall–Kier alpha value is 0.780. The number of hydrogen-bond acceptors (Lipinski definition) is 4. The maximum atomic E-state index is 11.6. The zero-order chi connectivity index (χ0) is 18.9. The largest absolute Gasteiger partial charge is 0.426 e. The van der Waals surface area contributed by atoms with Gasteiger partial charge in [-0.1, -0.05) is 95.6 Å². The van der Waals surface area contributed by atoms with Crippen LogP contribution in [0.5, 0.6) is 11.5 Å². The van der Waals surface area contributed by atoms with Gasteiger partial charge in [-0.15, -0.1) is 0 Å². The molecule has 0 saturated carbocycles. The Morgan fingerprint density at radius 3 is 1.40 bits per heavy atom. The van der Waals surface area contributed by atoms with Crippen LogP contribution in [0.2, 0.25) is 0 Å². The summed E-state index contributed by atoms with van der Waals surface area (Å²) < 4.78 is 9.99. The first-order valence-corrected chi connectivity index (χ1v) is 11.5. The number of carbonyl (C=O) groups is 2. The van der Waals surface area contributed by atoms with Crippen LogP contribution in [-0.4, -0.2) is 15.2 Å². The second kappa shape index (κ2) is 6.40. The minimum absolute atomic E-state index is 0.372. The molecule has 2 aliphatic carbocycles. The minimum atomic E-state index is -0.835. The molecule has 0 saturated heterocycles. The molecule has 2 unspecified atom stereocenters. The van der Waals surface area contributed by atoms with Gasteiger partial charge in [0.05, 0.1) is 0 Å². The van der Waals surface area contributed by atoms with Gasteiger partial charge >= 0.3 is 11.9 Å². The topological polar surface area (TPSA) is 52.6 Å². The van der Waals surface area contributed by atoms with Crippen LogP contribution in [0.15, 0.2) is 21.1 Å². The lowest BCUT2D eigenvalue weighted by molar-refractivity contribution is -0.133. The molecule has 3 rings (SSSR count). The van der Waals surface area contributed by atoms with Gasteiger partial charge in [0, 0.05) is 33.9 Å². The van der Waals surface area contributed by atoms with Crippen molar-refractivity contribution in [1.82, 2.24) is 0 Å². The molecule has 0 N–H and O–H groups in total. The third-order valence-corrected chi connectivity index (χ3v) is 14.8. The summed E-state index contributed by atoms with van der Waals surface area (Å²) in [5.74, 6) is -0.147. The molecule has 0 radical (unpaired) electrons. The van der Waals surface area contributed by atoms with Gasteiger partial charge in [-0.25, -0.2) is 0 Å². The van der Waals surface area contributed by atoms with E-state index in [4.69, 9.17) is 9.47 Å². The summed E-state index contributed by atoms with van der Waals surface area (Å²) in [6.45, 7) is 2.67. The first-order valence-electron chi connectivity index (χ1n) is 6.77. The van der Waals surface area contributed by atoms with Crippen molar-refractivity contribution in [3.63, 3.8) is 0 Å². The molecule has 1 aromatic carbocycles. The molecule has 0 spiro atoms. The number of halogens is 6. The van der Waals surface area contributed by atoms with Crippen LogP contribution in [0, 0.1) is 0 Å². The second-order valence-electron chi connectivity index (χ2n) is 5.52. The van der Waals surface area contributed by atoms with Crippen LogP contribution in [0.4, 0.5) is 0 Å². The predicted molar refractivity (Wildman–Crippen MR) is 116 cm³/mol. The lowest BCUT2D eigenvalue weighted by atomic mass is 9.94. The third kappa shape index (κ3) is 2.50. The number of fused-ring (bicyclic) bond motifs is 5. The fourth-order valence-electron chi connectivity index (χ4n) is 3.08. The van der Waals surface area contributed by atoms with Gasteiger partial charge < -0.3 is 9.47 Å². The highest BCUT2D eigenvalue weighted by Gasteiger charge is 2.76. The van der Waals surface area contributed by atoms with Crippen LogP contribution < -0.4 is 9.47 Å². The predicted octanol–water partition coefficient (Wildman–Crippen LogP) is 6.23. The van der Waals surface area contributed by atoms with E-state index >= 15 is 0 Å². The van der Waals surface area contributed by atoms with Crippen molar-refractivity contribution in [1.29, 1.82) is 0 Å². The molecule has 25 heavy (non-hydrogen) atoms. The zero-order valence-electron chi connectivity index (χ0n) is 12.6. The highest BCUT2D eigenvalue weighted by Crippen LogP contribution is 2.82. The van der Waals surface area contributed by atoms with Gasteiger partial charge in [-0.05, 0) is 12.1 Å². The van der Waals surface area contributed by atoms with E-state index in [0.29, 0.717) is 22.6 Å². The number of esters is 2. The standard InChI is InChI=1S/C15H8Br6O4/c1-5(22)24-7-3-4-8(25-6(2)23)10-9(7)13(18)11(16)12(17)14(10,19)15(13,20)21/h3-4H,1-2H3. The smallest absolute Gasteiger partial charge is 0.308 e. The number of rotatable bonds is 2. The van der Waals surface area contributed by atoms with Crippen molar-refractivity contribution in [2.75, 3.05) is 0 Å². The van der Waals surface area contributed by atoms with Crippen molar-refractivity contribution in [3.05, 3.63) is 32.2 Å². The molecule has 134 valence electrons. The van der Waals surface area contributed by atoms with E-state index < -0.39 is 23.8 Å². The molecule has 0 fully saturated rings. The Kier molecular flexibility index (Phi) is 5.25. The van der Waals surface area contributed by atoms with Gasteiger partial charge in [-0.3, -0.25) is 9.59 Å². The van der Waals surface area contributed by atoms with Crippen LogP contribution in [0.3, 0.4) is 0 Å². The Morgan fingerprint density at radius 2 is 1.12 bits per heavy atom. The summed E-state index contributed by atoms with van der Waals surface area (Å²) in [4.78, 5) is 23.2. The highest BCUT2D eigenvalue weighted by atomic mass is 79.9. The second-order valence-corrected chi connectivity index (χ2v) is 12.9. The third-order valence-electron chi connectivity index (χ3n) is 3.99. The first-order chi connectivity index (χ1) is 11.4. The van der Waals surface area contributed by atoms with Gasteiger partial charge in [0.1, 0.15) is 23.4 Å². The minimum Gasteiger partial charge on any atom is -0.426 e. The van der Waals surface area contributed by atoms with E-state index in [1.54, 1.807) is 12.1 Å². The van der Waals surface area contributed by atoms with Gasteiger partial charge in [0.15, 0.2) is 0 Å². The zero-order valence-corrected chi connectivity index (χ0v) is 22.1. The van der Waals surface area contributed by atoms with E-state index in [0.717, 1.165) is 8.96 Å². The quantitative estimate of drug-likeness (QED) is 0.206. The van der Waals surface area contributed by atoms with Crippen molar-refractivity contribution < 1.29 is 19.1 Å². The molecular weight excluding hydrogens is 724 g/mol. The molecule has 2 aliphatic rings. The fourth-order valence-corrected chi connectivity index (χ4v) is 9.89. The van der Waals surface area contributed by atoms with Crippen LogP contribution in [-0.2, 0) is 18.2 Å². The highest BCUT2D eigenvalue weighted by molar-refractivity contribution is 9.27. The molecular formula is C15H8Br6O4. The number of benzene rings is 1. The molecule has 4 nitrogen and oxygen atoms in total. The van der Waals surface area contributed by atoms with E-state index in [-0.39, 0.29) is 0 Å². The normalized spacial score (nSPS) is 28.8. The summed E-state index contributed by atoms with van der Waals surface area (Å²) in [5.41, 5.74) is 1.34. The van der Waals surface area contributed by atoms with E-state index in [9.17, 15) is 9.59 Å². The monoisotopic (exact) mass is 726 g/mol. The van der Waals surface area contributed by atoms with Crippen molar-refractivity contribution >= 4 is 108 Å². The lowest BCUT2D eigenvalue weighted by Crippen LogP contribution is -2.37. The SMILES string of the molecule is CC(=O)Oc1ccc(OC(C)=O)c2c1C1(Br)C(Br)=C(Br)C2(Br)C1(Br)Br. The molecule has 0 aliphatic heterocycles. The van der Waals surface area contributed by atoms with Crippen LogP contribution in [0.25, 0.3) is 0 Å². The Balaban J connectivity index is 2.42. The van der Waals surface area contributed by atoms with Crippen molar-refractivity contribution in [2.24, 2.45) is 0 Å².